The number of carbonyl (C=O) groups excluding carboxylic acids is 2. The van der Waals surface area contributed by atoms with Gasteiger partial charge in [-0.15, -0.1) is 0 Å². The third kappa shape index (κ3) is 4.91. The average Bonchev–Trinajstić information content (AvgIpc) is 2.82. The highest BCUT2D eigenvalue weighted by Crippen LogP contribution is 2.29. The van der Waals surface area contributed by atoms with Gasteiger partial charge in [0.25, 0.3) is 5.91 Å². The van der Waals surface area contributed by atoms with Crippen molar-refractivity contribution < 1.29 is 14.3 Å². The Labute approximate surface area is 197 Å². The van der Waals surface area contributed by atoms with Gasteiger partial charge in [-0.3, -0.25) is 14.7 Å². The highest BCUT2D eigenvalue weighted by atomic mass is 35.5. The Balaban J connectivity index is 1.55. The lowest BCUT2D eigenvalue weighted by Gasteiger charge is -2.38. The zero-order valence-corrected chi connectivity index (χ0v) is 19.4. The van der Waals surface area contributed by atoms with Crippen LogP contribution in [0.3, 0.4) is 0 Å². The number of benzene rings is 1. The second-order valence-corrected chi connectivity index (χ2v) is 8.44. The van der Waals surface area contributed by atoms with Crippen LogP contribution in [0, 0.1) is 6.92 Å². The number of hydrogen-bond acceptors (Lipinski definition) is 6. The van der Waals surface area contributed by atoms with Gasteiger partial charge in [-0.2, -0.15) is 0 Å². The van der Waals surface area contributed by atoms with E-state index in [4.69, 9.17) is 27.1 Å². The average molecular weight is 468 g/mol. The minimum atomic E-state index is -0.624. The van der Waals surface area contributed by atoms with Crippen molar-refractivity contribution >= 4 is 34.5 Å². The molecule has 1 aliphatic heterocycles. The van der Waals surface area contributed by atoms with Gasteiger partial charge in [-0.1, -0.05) is 24.6 Å². The highest BCUT2D eigenvalue weighted by molar-refractivity contribution is 6.35. The molecule has 172 valence electrons. The van der Waals surface area contributed by atoms with Crippen molar-refractivity contribution in [2.24, 2.45) is 5.73 Å². The lowest BCUT2D eigenvalue weighted by Crippen LogP contribution is -2.60. The number of fused-ring (bicyclic) bond motifs is 1. The molecule has 0 bridgehead atoms. The maximum Gasteiger partial charge on any atom is 0.411 e. The van der Waals surface area contributed by atoms with Crippen molar-refractivity contribution in [1.82, 2.24) is 19.8 Å². The predicted octanol–water partition coefficient (Wildman–Crippen LogP) is 3.85. The monoisotopic (exact) mass is 467 g/mol. The van der Waals surface area contributed by atoms with Gasteiger partial charge in [-0.25, -0.2) is 9.78 Å². The molecule has 1 aliphatic rings. The molecule has 3 heterocycles. The molecule has 0 saturated carbocycles. The maximum atomic E-state index is 13.2. The fraction of sp³-hybridized carbons (Fsp3) is 0.333. The van der Waals surface area contributed by atoms with Crippen LogP contribution in [0.2, 0.25) is 5.02 Å². The van der Waals surface area contributed by atoms with Gasteiger partial charge in [0.1, 0.15) is 6.17 Å². The van der Waals surface area contributed by atoms with Crippen molar-refractivity contribution in [3.8, 4) is 11.3 Å². The van der Waals surface area contributed by atoms with E-state index in [2.05, 4.69) is 4.98 Å². The van der Waals surface area contributed by atoms with E-state index in [9.17, 15) is 9.59 Å². The third-order valence-electron chi connectivity index (χ3n) is 5.58. The zero-order valence-electron chi connectivity index (χ0n) is 18.6. The molecule has 0 radical (unpaired) electrons. The minimum Gasteiger partial charge on any atom is -0.449 e. The number of carbonyl (C=O) groups is 2. The number of aryl methyl sites for hydroxylation is 1. The van der Waals surface area contributed by atoms with Gasteiger partial charge in [-0.05, 0) is 43.7 Å². The van der Waals surface area contributed by atoms with Crippen molar-refractivity contribution in [3.63, 3.8) is 0 Å². The fourth-order valence-corrected chi connectivity index (χ4v) is 4.03. The number of halogens is 1. The maximum absolute atomic E-state index is 13.2. The van der Waals surface area contributed by atoms with E-state index in [0.29, 0.717) is 41.5 Å². The fourth-order valence-electron chi connectivity index (χ4n) is 3.76. The number of amides is 2. The van der Waals surface area contributed by atoms with Gasteiger partial charge in [0.15, 0.2) is 0 Å². The minimum absolute atomic E-state index is 0.172. The smallest absolute Gasteiger partial charge is 0.411 e. The molecule has 2 aromatic heterocycles. The third-order valence-corrected chi connectivity index (χ3v) is 5.90. The summed E-state index contributed by atoms with van der Waals surface area (Å²) in [4.78, 5) is 37.5. The molecule has 9 heteroatoms. The molecule has 3 aromatic rings. The second-order valence-electron chi connectivity index (χ2n) is 8.04. The predicted molar refractivity (Wildman–Crippen MR) is 127 cm³/mol. The number of hydrogen-bond donors (Lipinski definition) is 1. The number of pyridine rings is 2. The molecule has 33 heavy (non-hydrogen) atoms. The quantitative estimate of drug-likeness (QED) is 0.625. The Morgan fingerprint density at radius 3 is 2.73 bits per heavy atom. The van der Waals surface area contributed by atoms with Crippen LogP contribution in [0.4, 0.5) is 4.79 Å². The summed E-state index contributed by atoms with van der Waals surface area (Å²) in [7, 11) is 0. The van der Waals surface area contributed by atoms with Crippen LogP contribution in [0.25, 0.3) is 22.2 Å². The number of rotatable bonds is 4. The molecule has 1 fully saturated rings. The van der Waals surface area contributed by atoms with Crippen molar-refractivity contribution in [2.75, 3.05) is 26.2 Å². The largest absolute Gasteiger partial charge is 0.449 e. The van der Waals surface area contributed by atoms with E-state index in [1.807, 2.05) is 26.0 Å². The summed E-state index contributed by atoms with van der Waals surface area (Å²) < 4.78 is 5.17. The Kier molecular flexibility index (Phi) is 6.76. The Bertz CT molecular complexity index is 1180. The topological polar surface area (TPSA) is 102 Å². The molecule has 4 rings (SSSR count). The van der Waals surface area contributed by atoms with Crippen LogP contribution in [0.1, 0.15) is 29.4 Å². The van der Waals surface area contributed by atoms with Crippen LogP contribution < -0.4 is 5.73 Å². The summed E-state index contributed by atoms with van der Waals surface area (Å²) in [6.45, 7) is 5.10. The van der Waals surface area contributed by atoms with E-state index in [-0.39, 0.29) is 12.5 Å². The van der Waals surface area contributed by atoms with Gasteiger partial charge >= 0.3 is 6.09 Å². The molecular weight excluding hydrogens is 442 g/mol. The van der Waals surface area contributed by atoms with E-state index in [1.54, 1.807) is 35.4 Å². The highest BCUT2D eigenvalue weighted by Gasteiger charge is 2.31. The second kappa shape index (κ2) is 9.72. The molecule has 2 amide bonds. The van der Waals surface area contributed by atoms with E-state index in [1.165, 1.54) is 4.90 Å². The van der Waals surface area contributed by atoms with Crippen LogP contribution in [-0.2, 0) is 4.74 Å². The summed E-state index contributed by atoms with van der Waals surface area (Å²) >= 11 is 6.50. The van der Waals surface area contributed by atoms with E-state index < -0.39 is 12.3 Å². The summed E-state index contributed by atoms with van der Waals surface area (Å²) in [6, 6.07) is 10.9. The first-order chi connectivity index (χ1) is 15.9. The van der Waals surface area contributed by atoms with Gasteiger partial charge in [0.2, 0.25) is 0 Å². The number of aromatic nitrogens is 2. The van der Waals surface area contributed by atoms with Crippen LogP contribution in [0.15, 0.2) is 42.6 Å². The van der Waals surface area contributed by atoms with E-state index >= 15 is 0 Å². The lowest BCUT2D eigenvalue weighted by molar-refractivity contribution is 0.0390. The summed E-state index contributed by atoms with van der Waals surface area (Å²) in [6.07, 6.45) is 1.42. The molecular formula is C24H26ClN5O3. The Hall–Kier alpha value is -3.23. The summed E-state index contributed by atoms with van der Waals surface area (Å²) in [5.41, 5.74) is 9.71. The molecule has 1 aromatic carbocycles. The van der Waals surface area contributed by atoms with Crippen molar-refractivity contribution in [2.45, 2.75) is 26.4 Å². The Morgan fingerprint density at radius 1 is 1.21 bits per heavy atom. The normalized spacial score (nSPS) is 16.2. The van der Waals surface area contributed by atoms with Crippen molar-refractivity contribution in [3.05, 3.63) is 58.9 Å². The molecule has 0 aliphatic carbocycles. The molecule has 2 N–H and O–H groups in total. The van der Waals surface area contributed by atoms with Gasteiger partial charge in [0.05, 0.1) is 29.4 Å². The summed E-state index contributed by atoms with van der Waals surface area (Å²) in [5, 5.41) is 1.31. The van der Waals surface area contributed by atoms with Crippen LogP contribution in [-0.4, -0.2) is 64.2 Å². The zero-order chi connectivity index (χ0) is 23.5. The van der Waals surface area contributed by atoms with Crippen LogP contribution >= 0.6 is 11.6 Å². The van der Waals surface area contributed by atoms with Gasteiger partial charge < -0.3 is 15.4 Å². The molecule has 1 saturated heterocycles. The molecule has 0 unspecified atom stereocenters. The van der Waals surface area contributed by atoms with Crippen LogP contribution in [0.5, 0.6) is 0 Å². The molecule has 1 atom stereocenters. The first-order valence-corrected chi connectivity index (χ1v) is 11.3. The van der Waals surface area contributed by atoms with Crippen molar-refractivity contribution in [1.29, 1.82) is 0 Å². The number of piperazine rings is 1. The first kappa shape index (κ1) is 22.9. The molecule has 0 spiro atoms. The van der Waals surface area contributed by atoms with Gasteiger partial charge in [0, 0.05) is 41.5 Å². The molecule has 8 nitrogen and oxygen atoms in total. The number of nitrogens with two attached hydrogens (primary N) is 1. The first-order valence-electron chi connectivity index (χ1n) is 10.9. The van der Waals surface area contributed by atoms with E-state index in [0.717, 1.165) is 23.1 Å². The Morgan fingerprint density at radius 2 is 2.03 bits per heavy atom. The SMILES string of the molecule is CCCOC(=O)N1CCN(C(=O)c2ccc3c(Cl)cc(-c4ccc(C)nc4)nc3c2)C[C@H]1N. The summed E-state index contributed by atoms with van der Waals surface area (Å²) in [5.74, 6) is -0.172. The number of nitrogens with zero attached hydrogens (tertiary/aromatic N) is 4. The lowest BCUT2D eigenvalue weighted by atomic mass is 10.1. The number of ether oxygens (including phenoxy) is 1. The standard InChI is InChI=1S/C24H26ClN5O3/c1-3-10-33-24(32)30-9-8-29(14-22(30)26)23(31)16-6-7-18-19(25)12-20(28-21(18)11-16)17-5-4-15(2)27-13-17/h4-7,11-13,22H,3,8-10,14,26H2,1-2H3/t22-/m0/s1.